The summed E-state index contributed by atoms with van der Waals surface area (Å²) in [5.41, 5.74) is 2.60. The number of nitrogens with zero attached hydrogens (tertiary/aromatic N) is 1. The van der Waals surface area contributed by atoms with E-state index in [-0.39, 0.29) is 4.90 Å². The number of halogens is 1. The lowest BCUT2D eigenvalue weighted by molar-refractivity contribution is -0.147. The Balaban J connectivity index is 1.49. The molecule has 0 unspecified atom stereocenters. The molecule has 0 aliphatic heterocycles. The zero-order chi connectivity index (χ0) is 23.1. The summed E-state index contributed by atoms with van der Waals surface area (Å²) in [6.07, 6.45) is 0. The molecule has 3 rings (SSSR count). The van der Waals surface area contributed by atoms with Crippen molar-refractivity contribution in [2.24, 2.45) is 0 Å². The Kier molecular flexibility index (Phi) is 7.63. The molecular formula is C23H21ClN2O5S. The molecule has 7 nitrogen and oxygen atoms in total. The number of hydrogen-bond donors (Lipinski definition) is 1. The van der Waals surface area contributed by atoms with Crippen molar-refractivity contribution >= 4 is 39.2 Å². The van der Waals surface area contributed by atoms with E-state index in [1.807, 2.05) is 42.5 Å². The second kappa shape index (κ2) is 10.4. The van der Waals surface area contributed by atoms with Crippen LogP contribution in [0.25, 0.3) is 11.1 Å². The Bertz CT molecular complexity index is 1180. The second-order valence-corrected chi connectivity index (χ2v) is 9.35. The number of amides is 1. The minimum absolute atomic E-state index is 0.00565. The van der Waals surface area contributed by atoms with Gasteiger partial charge < -0.3 is 10.1 Å². The summed E-state index contributed by atoms with van der Waals surface area (Å²) in [7, 11) is -2.64. The zero-order valence-corrected chi connectivity index (χ0v) is 18.8. The Labute approximate surface area is 191 Å². The van der Waals surface area contributed by atoms with Gasteiger partial charge in [-0.05, 0) is 47.5 Å². The number of benzene rings is 3. The molecule has 1 amide bonds. The van der Waals surface area contributed by atoms with E-state index in [4.69, 9.17) is 16.3 Å². The Morgan fingerprint density at radius 2 is 1.50 bits per heavy atom. The van der Waals surface area contributed by atoms with Gasteiger partial charge in [0.1, 0.15) is 6.54 Å². The van der Waals surface area contributed by atoms with Crippen molar-refractivity contribution in [3.63, 3.8) is 0 Å². The van der Waals surface area contributed by atoms with E-state index in [0.717, 1.165) is 15.4 Å². The fourth-order valence-corrected chi connectivity index (χ4v) is 4.06. The molecule has 0 heterocycles. The molecular weight excluding hydrogens is 452 g/mol. The van der Waals surface area contributed by atoms with E-state index in [1.54, 1.807) is 12.1 Å². The number of ether oxygens (including phenoxy) is 1. The molecule has 32 heavy (non-hydrogen) atoms. The molecule has 0 bridgehead atoms. The summed E-state index contributed by atoms with van der Waals surface area (Å²) in [5.74, 6) is -1.38. The van der Waals surface area contributed by atoms with Crippen LogP contribution in [0.1, 0.15) is 0 Å². The van der Waals surface area contributed by atoms with Crippen LogP contribution in [0.2, 0.25) is 5.02 Å². The van der Waals surface area contributed by atoms with Crippen molar-refractivity contribution in [1.82, 2.24) is 4.31 Å². The predicted octanol–water partition coefficient (Wildman–Crippen LogP) is 3.81. The van der Waals surface area contributed by atoms with Crippen molar-refractivity contribution in [3.8, 4) is 11.1 Å². The van der Waals surface area contributed by atoms with Gasteiger partial charge in [0.15, 0.2) is 6.61 Å². The molecule has 0 aliphatic rings. The monoisotopic (exact) mass is 472 g/mol. The van der Waals surface area contributed by atoms with E-state index in [9.17, 15) is 18.0 Å². The molecule has 166 valence electrons. The highest BCUT2D eigenvalue weighted by molar-refractivity contribution is 7.89. The van der Waals surface area contributed by atoms with Gasteiger partial charge in [-0.2, -0.15) is 4.31 Å². The summed E-state index contributed by atoms with van der Waals surface area (Å²) in [6, 6.07) is 22.6. The molecule has 3 aromatic carbocycles. The molecule has 3 aromatic rings. The highest BCUT2D eigenvalue weighted by atomic mass is 35.5. The van der Waals surface area contributed by atoms with Gasteiger partial charge in [-0.15, -0.1) is 0 Å². The van der Waals surface area contributed by atoms with Gasteiger partial charge in [0.05, 0.1) is 4.90 Å². The molecule has 0 aliphatic carbocycles. The molecule has 9 heteroatoms. The van der Waals surface area contributed by atoms with Gasteiger partial charge in [-0.25, -0.2) is 8.42 Å². The number of carbonyl (C=O) groups excluding carboxylic acids is 2. The van der Waals surface area contributed by atoms with E-state index in [1.165, 1.54) is 31.3 Å². The van der Waals surface area contributed by atoms with E-state index in [2.05, 4.69) is 5.32 Å². The molecule has 0 saturated heterocycles. The van der Waals surface area contributed by atoms with Crippen molar-refractivity contribution < 1.29 is 22.7 Å². The number of likely N-dealkylation sites (N-methyl/N-ethyl adjacent to an activating group) is 1. The van der Waals surface area contributed by atoms with Gasteiger partial charge in [-0.1, -0.05) is 54.1 Å². The smallest absolute Gasteiger partial charge is 0.321 e. The standard InChI is InChI=1S/C23H21ClN2O5S/c1-26(32(29,30)21-13-9-19(24)10-14-21)15-23(28)31-16-22(27)25-20-11-7-18(8-12-20)17-5-3-2-4-6-17/h2-14H,15-16H2,1H3,(H,25,27). The fourth-order valence-electron chi connectivity index (χ4n) is 2.82. The number of esters is 1. The Morgan fingerprint density at radius 3 is 2.12 bits per heavy atom. The van der Waals surface area contributed by atoms with Crippen LogP contribution in [-0.4, -0.2) is 44.8 Å². The predicted molar refractivity (Wildman–Crippen MR) is 123 cm³/mol. The molecule has 0 saturated carbocycles. The van der Waals surface area contributed by atoms with Crippen molar-refractivity contribution in [2.75, 3.05) is 25.5 Å². The number of nitrogens with one attached hydrogen (secondary N) is 1. The first-order chi connectivity index (χ1) is 15.3. The normalized spacial score (nSPS) is 11.2. The maximum Gasteiger partial charge on any atom is 0.321 e. The van der Waals surface area contributed by atoms with Crippen molar-refractivity contribution in [3.05, 3.63) is 83.9 Å². The number of hydrogen-bond acceptors (Lipinski definition) is 5. The van der Waals surface area contributed by atoms with Crippen molar-refractivity contribution in [2.45, 2.75) is 4.90 Å². The lowest BCUT2D eigenvalue weighted by Gasteiger charge is -2.16. The van der Waals surface area contributed by atoms with Gasteiger partial charge in [-0.3, -0.25) is 9.59 Å². The van der Waals surface area contributed by atoms with Gasteiger partial charge in [0, 0.05) is 17.8 Å². The fraction of sp³-hybridized carbons (Fsp3) is 0.130. The second-order valence-electron chi connectivity index (χ2n) is 6.87. The number of sulfonamides is 1. The number of anilines is 1. The van der Waals surface area contributed by atoms with Crippen LogP contribution < -0.4 is 5.32 Å². The first-order valence-corrected chi connectivity index (χ1v) is 11.4. The Hall–Kier alpha value is -3.20. The minimum Gasteiger partial charge on any atom is -0.455 e. The van der Waals surface area contributed by atoms with Gasteiger partial charge in [0.25, 0.3) is 5.91 Å². The van der Waals surface area contributed by atoms with E-state index in [0.29, 0.717) is 10.7 Å². The number of rotatable bonds is 8. The SMILES string of the molecule is CN(CC(=O)OCC(=O)Nc1ccc(-c2ccccc2)cc1)S(=O)(=O)c1ccc(Cl)cc1. The van der Waals surface area contributed by atoms with Crippen LogP contribution in [0.5, 0.6) is 0 Å². The van der Waals surface area contributed by atoms with E-state index < -0.39 is 35.1 Å². The van der Waals surface area contributed by atoms with Crippen LogP contribution in [0.15, 0.2) is 83.8 Å². The highest BCUT2D eigenvalue weighted by Gasteiger charge is 2.23. The van der Waals surface area contributed by atoms with Crippen LogP contribution in [0, 0.1) is 0 Å². The molecule has 0 spiro atoms. The third kappa shape index (κ3) is 6.16. The summed E-state index contributed by atoms with van der Waals surface area (Å²) in [5, 5.41) is 3.03. The largest absolute Gasteiger partial charge is 0.455 e. The first kappa shape index (κ1) is 23.5. The molecule has 0 radical (unpaired) electrons. The summed E-state index contributed by atoms with van der Waals surface area (Å²) in [6.45, 7) is -1.07. The number of carbonyl (C=O) groups is 2. The van der Waals surface area contributed by atoms with Crippen molar-refractivity contribution in [1.29, 1.82) is 0 Å². The van der Waals surface area contributed by atoms with Crippen LogP contribution in [0.3, 0.4) is 0 Å². The molecule has 0 atom stereocenters. The van der Waals surface area contributed by atoms with Crippen LogP contribution >= 0.6 is 11.6 Å². The lowest BCUT2D eigenvalue weighted by Crippen LogP contribution is -2.34. The quantitative estimate of drug-likeness (QED) is 0.503. The zero-order valence-electron chi connectivity index (χ0n) is 17.2. The maximum atomic E-state index is 12.5. The van der Waals surface area contributed by atoms with Crippen LogP contribution in [-0.2, 0) is 24.3 Å². The molecule has 0 fully saturated rings. The minimum atomic E-state index is -3.89. The van der Waals surface area contributed by atoms with E-state index >= 15 is 0 Å². The average molecular weight is 473 g/mol. The summed E-state index contributed by atoms with van der Waals surface area (Å²) in [4.78, 5) is 24.1. The topological polar surface area (TPSA) is 92.8 Å². The summed E-state index contributed by atoms with van der Waals surface area (Å²) < 4.78 is 30.7. The maximum absolute atomic E-state index is 12.5. The third-order valence-electron chi connectivity index (χ3n) is 4.51. The molecule has 1 N–H and O–H groups in total. The average Bonchev–Trinajstić information content (AvgIpc) is 2.79. The lowest BCUT2D eigenvalue weighted by atomic mass is 10.1. The van der Waals surface area contributed by atoms with Gasteiger partial charge in [0.2, 0.25) is 10.0 Å². The van der Waals surface area contributed by atoms with Gasteiger partial charge >= 0.3 is 5.97 Å². The Morgan fingerprint density at radius 1 is 0.906 bits per heavy atom. The third-order valence-corrected chi connectivity index (χ3v) is 6.58. The summed E-state index contributed by atoms with van der Waals surface area (Å²) >= 11 is 5.77. The molecule has 0 aromatic heterocycles. The van der Waals surface area contributed by atoms with Crippen LogP contribution in [0.4, 0.5) is 5.69 Å². The highest BCUT2D eigenvalue weighted by Crippen LogP contribution is 2.21. The first-order valence-electron chi connectivity index (χ1n) is 9.58.